The van der Waals surface area contributed by atoms with Gasteiger partial charge < -0.3 is 10.0 Å². The summed E-state index contributed by atoms with van der Waals surface area (Å²) in [7, 11) is 0. The van der Waals surface area contributed by atoms with Crippen molar-refractivity contribution in [3.05, 3.63) is 29.6 Å². The van der Waals surface area contributed by atoms with Crippen LogP contribution in [0, 0.1) is 11.2 Å². The minimum Gasteiger partial charge on any atom is -0.389 e. The maximum atomic E-state index is 14.1. The molecule has 0 aromatic heterocycles. The van der Waals surface area contributed by atoms with Gasteiger partial charge in [-0.25, -0.2) is 4.39 Å². The van der Waals surface area contributed by atoms with Gasteiger partial charge in [0.1, 0.15) is 5.82 Å². The van der Waals surface area contributed by atoms with E-state index in [9.17, 15) is 9.50 Å². The van der Waals surface area contributed by atoms with E-state index in [1.54, 1.807) is 13.0 Å². The third-order valence-electron chi connectivity index (χ3n) is 3.68. The smallest absolute Gasteiger partial charge is 0.146 e. The Morgan fingerprint density at radius 3 is 2.72 bits per heavy atom. The van der Waals surface area contributed by atoms with Gasteiger partial charge in [-0.1, -0.05) is 26.0 Å². The molecular formula is C15H22FNO. The average Bonchev–Trinajstić information content (AvgIpc) is 2.27. The first kappa shape index (κ1) is 13.3. The van der Waals surface area contributed by atoms with Crippen LogP contribution >= 0.6 is 0 Å². The molecule has 0 bridgehead atoms. The first-order valence-corrected chi connectivity index (χ1v) is 6.62. The highest BCUT2D eigenvalue weighted by molar-refractivity contribution is 5.56. The van der Waals surface area contributed by atoms with E-state index in [4.69, 9.17) is 0 Å². The molecule has 3 heteroatoms. The Morgan fingerprint density at radius 1 is 1.39 bits per heavy atom. The number of benzene rings is 1. The molecule has 100 valence electrons. The first-order chi connectivity index (χ1) is 8.41. The Labute approximate surface area is 108 Å². The molecule has 1 atom stereocenters. The summed E-state index contributed by atoms with van der Waals surface area (Å²) in [5.74, 6) is -0.230. The molecule has 18 heavy (non-hydrogen) atoms. The number of piperidine rings is 1. The molecule has 0 amide bonds. The average molecular weight is 251 g/mol. The summed E-state index contributed by atoms with van der Waals surface area (Å²) in [6.45, 7) is 7.81. The fraction of sp³-hybridized carbons (Fsp3) is 0.600. The third-order valence-corrected chi connectivity index (χ3v) is 3.68. The van der Waals surface area contributed by atoms with Crippen molar-refractivity contribution in [2.75, 3.05) is 18.0 Å². The summed E-state index contributed by atoms with van der Waals surface area (Å²) in [5.41, 5.74) is 1.48. The monoisotopic (exact) mass is 251 g/mol. The van der Waals surface area contributed by atoms with Gasteiger partial charge in [-0.3, -0.25) is 0 Å². The molecule has 0 spiro atoms. The van der Waals surface area contributed by atoms with Crippen molar-refractivity contribution >= 4 is 5.69 Å². The number of para-hydroxylation sites is 1. The molecular weight excluding hydrogens is 229 g/mol. The van der Waals surface area contributed by atoms with Gasteiger partial charge in [-0.05, 0) is 31.2 Å². The van der Waals surface area contributed by atoms with Gasteiger partial charge in [0.25, 0.3) is 0 Å². The second-order valence-electron chi connectivity index (χ2n) is 6.04. The van der Waals surface area contributed by atoms with E-state index in [1.807, 2.05) is 6.07 Å². The number of aliphatic hydroxyl groups is 1. The normalized spacial score (nSPS) is 20.8. The largest absolute Gasteiger partial charge is 0.389 e. The van der Waals surface area contributed by atoms with E-state index >= 15 is 0 Å². The topological polar surface area (TPSA) is 23.5 Å². The number of halogens is 1. The second-order valence-corrected chi connectivity index (χ2v) is 6.04. The summed E-state index contributed by atoms with van der Waals surface area (Å²) < 4.78 is 14.1. The highest BCUT2D eigenvalue weighted by Gasteiger charge is 2.29. The van der Waals surface area contributed by atoms with Crippen LogP contribution in [0.15, 0.2) is 18.2 Å². The van der Waals surface area contributed by atoms with Crippen molar-refractivity contribution in [1.82, 2.24) is 0 Å². The van der Waals surface area contributed by atoms with E-state index in [0.29, 0.717) is 11.3 Å². The van der Waals surface area contributed by atoms with Gasteiger partial charge in [0, 0.05) is 18.7 Å². The molecule has 0 saturated carbocycles. The van der Waals surface area contributed by atoms with Crippen LogP contribution in [0.5, 0.6) is 0 Å². The van der Waals surface area contributed by atoms with Gasteiger partial charge in [0.15, 0.2) is 0 Å². The Balaban J connectivity index is 2.38. The lowest BCUT2D eigenvalue weighted by molar-refractivity contribution is 0.198. The Morgan fingerprint density at radius 2 is 2.11 bits per heavy atom. The summed E-state index contributed by atoms with van der Waals surface area (Å²) in [5, 5.41) is 9.80. The third kappa shape index (κ3) is 2.66. The van der Waals surface area contributed by atoms with E-state index < -0.39 is 6.10 Å². The molecule has 0 radical (unpaired) electrons. The van der Waals surface area contributed by atoms with Crippen molar-refractivity contribution < 1.29 is 9.50 Å². The zero-order valence-corrected chi connectivity index (χ0v) is 11.4. The quantitative estimate of drug-likeness (QED) is 0.869. The molecule has 2 rings (SSSR count). The fourth-order valence-corrected chi connectivity index (χ4v) is 2.82. The van der Waals surface area contributed by atoms with Crippen LogP contribution in [0.2, 0.25) is 0 Å². The summed E-state index contributed by atoms with van der Waals surface area (Å²) >= 11 is 0. The van der Waals surface area contributed by atoms with Gasteiger partial charge in [0.2, 0.25) is 0 Å². The lowest BCUT2D eigenvalue weighted by Crippen LogP contribution is -2.41. The molecule has 1 aliphatic rings. The van der Waals surface area contributed by atoms with Crippen molar-refractivity contribution in [2.24, 2.45) is 5.41 Å². The number of hydrogen-bond donors (Lipinski definition) is 1. The Kier molecular flexibility index (Phi) is 3.62. The number of aliphatic hydroxyl groups excluding tert-OH is 1. The highest BCUT2D eigenvalue weighted by Crippen LogP contribution is 2.36. The van der Waals surface area contributed by atoms with E-state index in [0.717, 1.165) is 19.5 Å². The zero-order chi connectivity index (χ0) is 13.3. The maximum absolute atomic E-state index is 14.1. The number of hydrogen-bond acceptors (Lipinski definition) is 2. The Hall–Kier alpha value is -1.09. The molecule has 1 N–H and O–H groups in total. The van der Waals surface area contributed by atoms with Crippen LogP contribution in [-0.4, -0.2) is 18.2 Å². The zero-order valence-electron chi connectivity index (χ0n) is 11.4. The molecule has 1 unspecified atom stereocenters. The molecule has 1 aromatic carbocycles. The standard InChI is InChI=1S/C15H22FNO/c1-11(18)12-6-4-7-13(16)14(12)17-9-5-8-15(2,3)10-17/h4,6-7,11,18H,5,8-10H2,1-3H3. The Bertz CT molecular complexity index is 429. The molecule has 1 saturated heterocycles. The molecule has 1 aliphatic heterocycles. The van der Waals surface area contributed by atoms with E-state index in [2.05, 4.69) is 18.7 Å². The molecule has 0 aliphatic carbocycles. The first-order valence-electron chi connectivity index (χ1n) is 6.62. The number of anilines is 1. The molecule has 1 aromatic rings. The predicted octanol–water partition coefficient (Wildman–Crippen LogP) is 3.51. The van der Waals surface area contributed by atoms with Gasteiger partial charge in [-0.2, -0.15) is 0 Å². The van der Waals surface area contributed by atoms with Crippen LogP contribution in [-0.2, 0) is 0 Å². The van der Waals surface area contributed by atoms with Crippen LogP contribution in [0.1, 0.15) is 45.3 Å². The minimum atomic E-state index is -0.638. The maximum Gasteiger partial charge on any atom is 0.146 e. The lowest BCUT2D eigenvalue weighted by Gasteiger charge is -2.40. The van der Waals surface area contributed by atoms with Crippen LogP contribution in [0.4, 0.5) is 10.1 Å². The minimum absolute atomic E-state index is 0.205. The molecule has 1 heterocycles. The van der Waals surface area contributed by atoms with Crippen LogP contribution in [0.25, 0.3) is 0 Å². The van der Waals surface area contributed by atoms with Crippen molar-refractivity contribution in [3.8, 4) is 0 Å². The van der Waals surface area contributed by atoms with E-state index in [-0.39, 0.29) is 11.2 Å². The number of nitrogens with zero attached hydrogens (tertiary/aromatic N) is 1. The second kappa shape index (κ2) is 4.88. The fourth-order valence-electron chi connectivity index (χ4n) is 2.82. The van der Waals surface area contributed by atoms with E-state index in [1.165, 1.54) is 12.5 Å². The number of rotatable bonds is 2. The lowest BCUT2D eigenvalue weighted by atomic mass is 9.83. The summed E-state index contributed by atoms with van der Waals surface area (Å²) in [6.07, 6.45) is 1.60. The van der Waals surface area contributed by atoms with Gasteiger partial charge in [-0.15, -0.1) is 0 Å². The van der Waals surface area contributed by atoms with Crippen molar-refractivity contribution in [2.45, 2.75) is 39.7 Å². The summed E-state index contributed by atoms with van der Waals surface area (Å²) in [6, 6.07) is 4.95. The van der Waals surface area contributed by atoms with Crippen LogP contribution < -0.4 is 4.90 Å². The summed E-state index contributed by atoms with van der Waals surface area (Å²) in [4.78, 5) is 2.08. The molecule has 1 fully saturated rings. The van der Waals surface area contributed by atoms with Gasteiger partial charge >= 0.3 is 0 Å². The van der Waals surface area contributed by atoms with Crippen LogP contribution in [0.3, 0.4) is 0 Å². The predicted molar refractivity (Wildman–Crippen MR) is 72.3 cm³/mol. The van der Waals surface area contributed by atoms with Crippen molar-refractivity contribution in [1.29, 1.82) is 0 Å². The highest BCUT2D eigenvalue weighted by atomic mass is 19.1. The van der Waals surface area contributed by atoms with Crippen molar-refractivity contribution in [3.63, 3.8) is 0 Å². The SMILES string of the molecule is CC(O)c1cccc(F)c1N1CCCC(C)(C)C1. The van der Waals surface area contributed by atoms with Gasteiger partial charge in [0.05, 0.1) is 11.8 Å². The molecule has 2 nitrogen and oxygen atoms in total.